The number of carbonyl (C=O) groups excluding carboxylic acids is 2. The smallest absolute Gasteiger partial charge is 0.321 e. The van der Waals surface area contributed by atoms with Crippen LogP contribution in [0.3, 0.4) is 0 Å². The molecule has 1 unspecified atom stereocenters. The number of benzene rings is 2. The van der Waals surface area contributed by atoms with Crippen molar-refractivity contribution in [2.75, 3.05) is 11.9 Å². The van der Waals surface area contributed by atoms with Crippen molar-refractivity contribution in [3.63, 3.8) is 0 Å². The maximum absolute atomic E-state index is 12.0. The van der Waals surface area contributed by atoms with E-state index in [1.54, 1.807) is 48.5 Å². The molecule has 0 fully saturated rings. The Kier molecular flexibility index (Phi) is 7.91. The second-order valence-corrected chi connectivity index (χ2v) is 8.27. The van der Waals surface area contributed by atoms with E-state index in [1.807, 2.05) is 6.07 Å². The van der Waals surface area contributed by atoms with Crippen molar-refractivity contribution in [1.29, 1.82) is 0 Å². The summed E-state index contributed by atoms with van der Waals surface area (Å²) in [5.41, 5.74) is 1.25. The van der Waals surface area contributed by atoms with Gasteiger partial charge in [0.15, 0.2) is 6.10 Å². The molecule has 0 aliphatic heterocycles. The fraction of sp³-hybridized carbons (Fsp3) is 0.158. The number of rotatable bonds is 8. The molecular weight excluding hydrogens is 448 g/mol. The maximum Gasteiger partial charge on any atom is 0.321 e. The summed E-state index contributed by atoms with van der Waals surface area (Å²) < 4.78 is 31.7. The molecule has 0 saturated heterocycles. The number of hydrogen-bond donors (Lipinski definition) is 2. The van der Waals surface area contributed by atoms with E-state index in [2.05, 4.69) is 26.0 Å². The highest BCUT2D eigenvalue weighted by Gasteiger charge is 2.19. The van der Waals surface area contributed by atoms with E-state index in [9.17, 15) is 18.0 Å². The van der Waals surface area contributed by atoms with Crippen molar-refractivity contribution in [2.45, 2.75) is 13.0 Å². The molecule has 28 heavy (non-hydrogen) atoms. The van der Waals surface area contributed by atoms with E-state index < -0.39 is 34.5 Å². The zero-order chi connectivity index (χ0) is 20.6. The van der Waals surface area contributed by atoms with Gasteiger partial charge in [-0.15, -0.1) is 0 Å². The molecular formula is C19H19BrN2O5S. The first-order valence-electron chi connectivity index (χ1n) is 8.24. The number of esters is 1. The summed E-state index contributed by atoms with van der Waals surface area (Å²) in [6.07, 6.45) is 0.322. The summed E-state index contributed by atoms with van der Waals surface area (Å²) in [6.45, 7) is 0.813. The summed E-state index contributed by atoms with van der Waals surface area (Å²) in [5, 5.41) is 3.56. The second kappa shape index (κ2) is 10.2. The van der Waals surface area contributed by atoms with Gasteiger partial charge in [-0.3, -0.25) is 9.59 Å². The fourth-order valence-electron chi connectivity index (χ4n) is 2.01. The van der Waals surface area contributed by atoms with Crippen LogP contribution in [0.4, 0.5) is 5.69 Å². The summed E-state index contributed by atoms with van der Waals surface area (Å²) >= 11 is 3.29. The Hall–Kier alpha value is -2.49. The second-order valence-electron chi connectivity index (χ2n) is 5.71. The molecule has 2 aromatic carbocycles. The third kappa shape index (κ3) is 7.63. The van der Waals surface area contributed by atoms with Crippen molar-refractivity contribution in [2.24, 2.45) is 0 Å². The molecule has 2 N–H and O–H groups in total. The number of sulfonamides is 1. The number of carbonyl (C=O) groups is 2. The van der Waals surface area contributed by atoms with Crippen LogP contribution < -0.4 is 10.0 Å². The lowest BCUT2D eigenvalue weighted by Crippen LogP contribution is -2.35. The molecule has 7 nitrogen and oxygen atoms in total. The zero-order valence-corrected chi connectivity index (χ0v) is 17.4. The molecule has 0 heterocycles. The third-order valence-electron chi connectivity index (χ3n) is 3.45. The zero-order valence-electron chi connectivity index (χ0n) is 15.0. The van der Waals surface area contributed by atoms with Gasteiger partial charge in [-0.2, -0.15) is 0 Å². The lowest BCUT2D eigenvalue weighted by Gasteiger charge is -2.13. The molecule has 1 amide bonds. The minimum atomic E-state index is -3.82. The summed E-state index contributed by atoms with van der Waals surface area (Å²) in [4.78, 5) is 23.9. The first kappa shape index (κ1) is 21.8. The monoisotopic (exact) mass is 466 g/mol. The summed E-state index contributed by atoms with van der Waals surface area (Å²) in [5.74, 6) is -1.39. The Morgan fingerprint density at radius 1 is 1.11 bits per heavy atom. The fourth-order valence-corrected chi connectivity index (χ4v) is 3.03. The normalized spacial score (nSPS) is 12.5. The number of amides is 1. The number of nitrogens with one attached hydrogen (secondary N) is 2. The Labute approximate surface area is 172 Å². The van der Waals surface area contributed by atoms with Crippen LogP contribution in [0.25, 0.3) is 6.08 Å². The molecule has 0 aliphatic rings. The number of anilines is 1. The van der Waals surface area contributed by atoms with Gasteiger partial charge in [0.05, 0.1) is 0 Å². The van der Waals surface area contributed by atoms with Gasteiger partial charge in [-0.05, 0) is 42.8 Å². The van der Waals surface area contributed by atoms with Crippen LogP contribution in [0, 0.1) is 0 Å². The van der Waals surface area contributed by atoms with E-state index in [4.69, 9.17) is 4.74 Å². The standard InChI is InChI=1S/C19H19BrN2O5S/c1-14(19(24)22-17-9-7-16(20)8-10-17)27-18(23)13-21-28(25,26)12-11-15-5-3-2-4-6-15/h2-12,14,21H,13H2,1H3,(H,22,24)/b12-11+. The van der Waals surface area contributed by atoms with E-state index in [1.165, 1.54) is 13.0 Å². The SMILES string of the molecule is CC(OC(=O)CNS(=O)(=O)/C=C/c1ccccc1)C(=O)Nc1ccc(Br)cc1. The van der Waals surface area contributed by atoms with Crippen molar-refractivity contribution in [3.8, 4) is 0 Å². The van der Waals surface area contributed by atoms with Gasteiger partial charge in [-0.1, -0.05) is 46.3 Å². The van der Waals surface area contributed by atoms with Crippen LogP contribution in [0.15, 0.2) is 64.5 Å². The van der Waals surface area contributed by atoms with Gasteiger partial charge in [0, 0.05) is 15.6 Å². The van der Waals surface area contributed by atoms with Crippen molar-refractivity contribution >= 4 is 49.6 Å². The van der Waals surface area contributed by atoms with Gasteiger partial charge in [-0.25, -0.2) is 13.1 Å². The number of halogens is 1. The van der Waals surface area contributed by atoms with Gasteiger partial charge >= 0.3 is 5.97 Å². The van der Waals surface area contributed by atoms with Crippen LogP contribution >= 0.6 is 15.9 Å². The molecule has 0 aliphatic carbocycles. The largest absolute Gasteiger partial charge is 0.452 e. The number of hydrogen-bond acceptors (Lipinski definition) is 5. The topological polar surface area (TPSA) is 102 Å². The van der Waals surface area contributed by atoms with Crippen molar-refractivity contribution in [1.82, 2.24) is 4.72 Å². The molecule has 0 radical (unpaired) electrons. The molecule has 0 aromatic heterocycles. The average Bonchev–Trinajstić information content (AvgIpc) is 2.67. The minimum Gasteiger partial charge on any atom is -0.452 e. The molecule has 2 aromatic rings. The maximum atomic E-state index is 12.0. The quantitative estimate of drug-likeness (QED) is 0.582. The van der Waals surface area contributed by atoms with Gasteiger partial charge in [0.2, 0.25) is 10.0 Å². The van der Waals surface area contributed by atoms with Gasteiger partial charge < -0.3 is 10.1 Å². The van der Waals surface area contributed by atoms with E-state index in [0.717, 1.165) is 9.88 Å². The van der Waals surface area contributed by atoms with Crippen molar-refractivity contribution < 1.29 is 22.7 Å². The Balaban J connectivity index is 1.81. The molecule has 2 rings (SSSR count). The Bertz CT molecular complexity index is 944. The van der Waals surface area contributed by atoms with Gasteiger partial charge in [0.1, 0.15) is 6.54 Å². The van der Waals surface area contributed by atoms with Crippen LogP contribution in [-0.4, -0.2) is 32.9 Å². The van der Waals surface area contributed by atoms with E-state index in [0.29, 0.717) is 11.3 Å². The summed E-state index contributed by atoms with van der Waals surface area (Å²) in [7, 11) is -3.82. The van der Waals surface area contributed by atoms with Crippen LogP contribution in [-0.2, 0) is 24.3 Å². The molecule has 9 heteroatoms. The predicted molar refractivity (Wildman–Crippen MR) is 111 cm³/mol. The molecule has 0 spiro atoms. The lowest BCUT2D eigenvalue weighted by molar-refractivity contribution is -0.151. The predicted octanol–water partition coefficient (Wildman–Crippen LogP) is 2.91. The van der Waals surface area contributed by atoms with Crippen LogP contribution in [0.2, 0.25) is 0 Å². The number of ether oxygens (including phenoxy) is 1. The third-order valence-corrected chi connectivity index (χ3v) is 5.02. The Morgan fingerprint density at radius 2 is 1.75 bits per heavy atom. The highest BCUT2D eigenvalue weighted by molar-refractivity contribution is 9.10. The highest BCUT2D eigenvalue weighted by atomic mass is 79.9. The molecule has 148 valence electrons. The van der Waals surface area contributed by atoms with E-state index in [-0.39, 0.29) is 0 Å². The molecule has 0 bridgehead atoms. The average molecular weight is 467 g/mol. The Morgan fingerprint density at radius 3 is 2.39 bits per heavy atom. The molecule has 1 atom stereocenters. The minimum absolute atomic E-state index is 0.525. The highest BCUT2D eigenvalue weighted by Crippen LogP contribution is 2.14. The van der Waals surface area contributed by atoms with Crippen molar-refractivity contribution in [3.05, 3.63) is 70.0 Å². The van der Waals surface area contributed by atoms with Crippen LogP contribution in [0.5, 0.6) is 0 Å². The van der Waals surface area contributed by atoms with E-state index >= 15 is 0 Å². The summed E-state index contributed by atoms with van der Waals surface area (Å²) in [6, 6.07) is 15.7. The molecule has 0 saturated carbocycles. The first-order valence-corrected chi connectivity index (χ1v) is 10.6. The lowest BCUT2D eigenvalue weighted by atomic mass is 10.2. The first-order chi connectivity index (χ1) is 13.2. The van der Waals surface area contributed by atoms with Gasteiger partial charge in [0.25, 0.3) is 5.91 Å². The van der Waals surface area contributed by atoms with Crippen LogP contribution in [0.1, 0.15) is 12.5 Å².